The number of amides is 1. The Morgan fingerprint density at radius 2 is 1.90 bits per heavy atom. The molecule has 1 atom stereocenters. The molecule has 0 saturated heterocycles. The lowest BCUT2D eigenvalue weighted by atomic mass is 9.86. The molecule has 5 heteroatoms. The van der Waals surface area contributed by atoms with Crippen LogP contribution in [0.2, 0.25) is 0 Å². The Morgan fingerprint density at radius 3 is 2.45 bits per heavy atom. The summed E-state index contributed by atoms with van der Waals surface area (Å²) < 4.78 is 26.2. The van der Waals surface area contributed by atoms with E-state index in [-0.39, 0.29) is 43.6 Å². The molecule has 1 fully saturated rings. The quantitative estimate of drug-likeness (QED) is 0.819. The summed E-state index contributed by atoms with van der Waals surface area (Å²) in [5.41, 5.74) is 1.01. The first-order chi connectivity index (χ1) is 9.52. The summed E-state index contributed by atoms with van der Waals surface area (Å²) in [4.78, 5) is 12.2. The highest BCUT2D eigenvalue weighted by Crippen LogP contribution is 2.36. The monoisotopic (exact) mass is 345 g/mol. The maximum Gasteiger partial charge on any atom is 0.248 e. The molecule has 1 unspecified atom stereocenters. The van der Waals surface area contributed by atoms with Crippen LogP contribution < -0.4 is 5.32 Å². The molecule has 1 amide bonds. The Labute approximate surface area is 126 Å². The van der Waals surface area contributed by atoms with Crippen LogP contribution in [-0.4, -0.2) is 17.2 Å². The number of hydrogen-bond donors (Lipinski definition) is 1. The summed E-state index contributed by atoms with van der Waals surface area (Å²) in [6, 6.07) is 9.52. The fourth-order valence-electron chi connectivity index (χ4n) is 2.49. The minimum Gasteiger partial charge on any atom is -0.348 e. The van der Waals surface area contributed by atoms with E-state index in [1.807, 2.05) is 30.3 Å². The second-order valence-corrected chi connectivity index (χ2v) is 5.90. The summed E-state index contributed by atoms with van der Waals surface area (Å²) in [5, 5.41) is 3.55. The van der Waals surface area contributed by atoms with Gasteiger partial charge in [0.15, 0.2) is 0 Å². The molecule has 1 aromatic carbocycles. The van der Waals surface area contributed by atoms with E-state index in [1.54, 1.807) is 0 Å². The van der Waals surface area contributed by atoms with Crippen molar-refractivity contribution in [3.63, 3.8) is 0 Å². The Kier molecular flexibility index (Phi) is 5.13. The van der Waals surface area contributed by atoms with Gasteiger partial charge in [0.1, 0.15) is 0 Å². The van der Waals surface area contributed by atoms with Crippen molar-refractivity contribution >= 4 is 21.8 Å². The normalized spacial score (nSPS) is 20.4. The van der Waals surface area contributed by atoms with Crippen LogP contribution in [-0.2, 0) is 4.79 Å². The molecule has 1 aliphatic rings. The van der Waals surface area contributed by atoms with Crippen LogP contribution in [0.5, 0.6) is 0 Å². The number of alkyl halides is 3. The van der Waals surface area contributed by atoms with Crippen molar-refractivity contribution < 1.29 is 13.6 Å². The number of benzene rings is 1. The Morgan fingerprint density at radius 1 is 1.30 bits per heavy atom. The van der Waals surface area contributed by atoms with Crippen molar-refractivity contribution in [2.45, 2.75) is 37.6 Å². The van der Waals surface area contributed by atoms with Crippen molar-refractivity contribution in [1.82, 2.24) is 5.32 Å². The molecule has 0 aromatic heterocycles. The van der Waals surface area contributed by atoms with Gasteiger partial charge >= 0.3 is 0 Å². The molecule has 0 aliphatic heterocycles. The molecule has 1 aliphatic carbocycles. The van der Waals surface area contributed by atoms with E-state index < -0.39 is 5.92 Å². The first-order valence-corrected chi connectivity index (χ1v) is 7.93. The first-order valence-electron chi connectivity index (χ1n) is 6.81. The molecule has 1 N–H and O–H groups in total. The molecule has 1 aromatic rings. The summed E-state index contributed by atoms with van der Waals surface area (Å²) in [6.07, 6.45) is 0.163. The Hall–Kier alpha value is -0.970. The van der Waals surface area contributed by atoms with E-state index in [2.05, 4.69) is 21.2 Å². The Bertz CT molecular complexity index is 442. The van der Waals surface area contributed by atoms with E-state index in [4.69, 9.17) is 0 Å². The van der Waals surface area contributed by atoms with Gasteiger partial charge < -0.3 is 5.32 Å². The molecular weight excluding hydrogens is 328 g/mol. The lowest BCUT2D eigenvalue weighted by Crippen LogP contribution is -2.38. The number of hydrogen-bond acceptors (Lipinski definition) is 1. The van der Waals surface area contributed by atoms with Gasteiger partial charge in [-0.25, -0.2) is 8.78 Å². The highest BCUT2D eigenvalue weighted by Gasteiger charge is 2.37. The van der Waals surface area contributed by atoms with E-state index in [0.29, 0.717) is 5.33 Å². The number of rotatable bonds is 4. The average molecular weight is 346 g/mol. The lowest BCUT2D eigenvalue weighted by molar-refractivity contribution is -0.129. The number of halogens is 3. The summed E-state index contributed by atoms with van der Waals surface area (Å²) in [5.74, 6) is -3.00. The Balaban J connectivity index is 1.93. The number of carbonyl (C=O) groups is 1. The van der Waals surface area contributed by atoms with Crippen LogP contribution in [0, 0.1) is 5.92 Å². The molecule has 20 heavy (non-hydrogen) atoms. The van der Waals surface area contributed by atoms with Crippen LogP contribution in [0.25, 0.3) is 0 Å². The highest BCUT2D eigenvalue weighted by molar-refractivity contribution is 9.09. The molecule has 110 valence electrons. The third-order valence-electron chi connectivity index (χ3n) is 3.76. The fraction of sp³-hybridized carbons (Fsp3) is 0.533. The lowest BCUT2D eigenvalue weighted by Gasteiger charge is -2.28. The van der Waals surface area contributed by atoms with E-state index in [9.17, 15) is 13.6 Å². The predicted octanol–water partition coefficient (Wildman–Crippen LogP) is 4.06. The zero-order valence-electron chi connectivity index (χ0n) is 11.1. The predicted molar refractivity (Wildman–Crippen MR) is 78.0 cm³/mol. The molecule has 0 radical (unpaired) electrons. The van der Waals surface area contributed by atoms with Gasteiger partial charge in [-0.2, -0.15) is 0 Å². The maximum absolute atomic E-state index is 13.1. The van der Waals surface area contributed by atoms with Gasteiger partial charge in [-0.1, -0.05) is 46.3 Å². The zero-order valence-corrected chi connectivity index (χ0v) is 12.7. The molecule has 1 saturated carbocycles. The standard InChI is InChI=1S/C15H18BrF2NO/c16-10-13(11-4-2-1-3-5-11)19-14(20)12-6-8-15(17,18)9-7-12/h1-5,12-13H,6-10H2,(H,19,20). The highest BCUT2D eigenvalue weighted by atomic mass is 79.9. The van der Waals surface area contributed by atoms with Gasteiger partial charge in [0.25, 0.3) is 0 Å². The minimum atomic E-state index is -2.59. The molecular formula is C15H18BrF2NO. The van der Waals surface area contributed by atoms with E-state index >= 15 is 0 Å². The fourth-order valence-corrected chi connectivity index (χ4v) is 3.02. The summed E-state index contributed by atoms with van der Waals surface area (Å²) in [7, 11) is 0. The van der Waals surface area contributed by atoms with Crippen molar-refractivity contribution in [1.29, 1.82) is 0 Å². The second kappa shape index (κ2) is 6.66. The third-order valence-corrected chi connectivity index (χ3v) is 4.41. The molecule has 0 heterocycles. The minimum absolute atomic E-state index is 0.117. The largest absolute Gasteiger partial charge is 0.348 e. The van der Waals surface area contributed by atoms with Crippen LogP contribution in [0.4, 0.5) is 8.78 Å². The second-order valence-electron chi connectivity index (χ2n) is 5.26. The molecule has 0 bridgehead atoms. The van der Waals surface area contributed by atoms with Crippen LogP contribution >= 0.6 is 15.9 Å². The van der Waals surface area contributed by atoms with Gasteiger partial charge in [0.05, 0.1) is 6.04 Å². The van der Waals surface area contributed by atoms with Crippen LogP contribution in [0.3, 0.4) is 0 Å². The average Bonchev–Trinajstić information content (AvgIpc) is 2.45. The summed E-state index contributed by atoms with van der Waals surface area (Å²) >= 11 is 3.39. The van der Waals surface area contributed by atoms with Gasteiger partial charge in [-0.3, -0.25) is 4.79 Å². The number of carbonyl (C=O) groups excluding carboxylic acids is 1. The SMILES string of the molecule is O=C(NC(CBr)c1ccccc1)C1CCC(F)(F)CC1. The van der Waals surface area contributed by atoms with Gasteiger partial charge in [0, 0.05) is 24.1 Å². The maximum atomic E-state index is 13.1. The van der Waals surface area contributed by atoms with Gasteiger partial charge in [0.2, 0.25) is 11.8 Å². The third kappa shape index (κ3) is 4.01. The topological polar surface area (TPSA) is 29.1 Å². The van der Waals surface area contributed by atoms with Crippen LogP contribution in [0.1, 0.15) is 37.3 Å². The number of nitrogens with one attached hydrogen (secondary N) is 1. The first kappa shape index (κ1) is 15.4. The molecule has 2 nitrogen and oxygen atoms in total. The van der Waals surface area contributed by atoms with Gasteiger partial charge in [-0.05, 0) is 18.4 Å². The van der Waals surface area contributed by atoms with Crippen molar-refractivity contribution in [2.75, 3.05) is 5.33 Å². The zero-order chi connectivity index (χ0) is 14.6. The smallest absolute Gasteiger partial charge is 0.248 e. The van der Waals surface area contributed by atoms with E-state index in [0.717, 1.165) is 5.56 Å². The van der Waals surface area contributed by atoms with Crippen molar-refractivity contribution in [3.05, 3.63) is 35.9 Å². The summed E-state index contributed by atoms with van der Waals surface area (Å²) in [6.45, 7) is 0. The van der Waals surface area contributed by atoms with Gasteiger partial charge in [-0.15, -0.1) is 0 Å². The van der Waals surface area contributed by atoms with Crippen molar-refractivity contribution in [3.8, 4) is 0 Å². The van der Waals surface area contributed by atoms with Crippen molar-refractivity contribution in [2.24, 2.45) is 5.92 Å². The molecule has 0 spiro atoms. The van der Waals surface area contributed by atoms with Crippen LogP contribution in [0.15, 0.2) is 30.3 Å². The molecule has 2 rings (SSSR count). The van der Waals surface area contributed by atoms with E-state index in [1.165, 1.54) is 0 Å².